The van der Waals surface area contributed by atoms with Gasteiger partial charge in [-0.3, -0.25) is 4.79 Å². The van der Waals surface area contributed by atoms with E-state index in [-0.39, 0.29) is 11.8 Å². The van der Waals surface area contributed by atoms with E-state index in [2.05, 4.69) is 10.2 Å². The lowest BCUT2D eigenvalue weighted by molar-refractivity contribution is 0.0684. The zero-order valence-electron chi connectivity index (χ0n) is 11.5. The zero-order chi connectivity index (χ0) is 13.9. The largest absolute Gasteiger partial charge is 0.412 e. The molecule has 104 valence electrons. The molecular formula is C15H17N3O2. The third kappa shape index (κ3) is 2.57. The van der Waals surface area contributed by atoms with Gasteiger partial charge in [0.15, 0.2) is 0 Å². The molecule has 1 aromatic carbocycles. The molecule has 2 aromatic rings. The predicted molar refractivity (Wildman–Crippen MR) is 74.2 cm³/mol. The average molecular weight is 271 g/mol. The molecule has 0 aliphatic carbocycles. The van der Waals surface area contributed by atoms with E-state index in [1.165, 1.54) is 6.42 Å². The molecule has 0 unspecified atom stereocenters. The Morgan fingerprint density at radius 3 is 2.50 bits per heavy atom. The first-order valence-corrected chi connectivity index (χ1v) is 6.94. The number of piperidine rings is 1. The summed E-state index contributed by atoms with van der Waals surface area (Å²) in [6.45, 7) is 3.57. The Kier molecular flexibility index (Phi) is 3.50. The summed E-state index contributed by atoms with van der Waals surface area (Å²) >= 11 is 0. The maximum Gasteiger partial charge on any atom is 0.311 e. The summed E-state index contributed by atoms with van der Waals surface area (Å²) in [4.78, 5) is 14.0. The minimum absolute atomic E-state index is 0.0856. The Morgan fingerprint density at radius 1 is 1.10 bits per heavy atom. The first-order valence-electron chi connectivity index (χ1n) is 6.94. The van der Waals surface area contributed by atoms with E-state index in [9.17, 15) is 4.79 Å². The van der Waals surface area contributed by atoms with Crippen LogP contribution >= 0.6 is 0 Å². The highest BCUT2D eigenvalue weighted by molar-refractivity contribution is 5.89. The van der Waals surface area contributed by atoms with E-state index in [0.717, 1.165) is 37.1 Å². The molecule has 1 aliphatic heterocycles. The molecule has 1 fully saturated rings. The van der Waals surface area contributed by atoms with Crippen molar-refractivity contribution in [3.8, 4) is 11.5 Å². The van der Waals surface area contributed by atoms with E-state index in [0.29, 0.717) is 5.89 Å². The summed E-state index contributed by atoms with van der Waals surface area (Å²) in [6, 6.07) is 7.79. The van der Waals surface area contributed by atoms with Gasteiger partial charge in [-0.05, 0) is 38.3 Å². The number of rotatable bonds is 2. The summed E-state index contributed by atoms with van der Waals surface area (Å²) in [5.74, 6) is 0.323. The van der Waals surface area contributed by atoms with Crippen molar-refractivity contribution in [1.82, 2.24) is 15.1 Å². The first kappa shape index (κ1) is 12.8. The fourth-order valence-electron chi connectivity index (χ4n) is 2.35. The van der Waals surface area contributed by atoms with Gasteiger partial charge < -0.3 is 9.32 Å². The first-order chi connectivity index (χ1) is 9.74. The van der Waals surface area contributed by atoms with E-state index in [1.54, 1.807) is 4.90 Å². The predicted octanol–water partition coefficient (Wildman–Crippen LogP) is 2.67. The summed E-state index contributed by atoms with van der Waals surface area (Å²) < 4.78 is 5.51. The Hall–Kier alpha value is -2.17. The summed E-state index contributed by atoms with van der Waals surface area (Å²) in [6.07, 6.45) is 3.28. The van der Waals surface area contributed by atoms with Crippen LogP contribution in [-0.2, 0) is 0 Å². The Balaban J connectivity index is 1.79. The van der Waals surface area contributed by atoms with Crippen LogP contribution in [0.25, 0.3) is 11.5 Å². The SMILES string of the molecule is Cc1ccc(-c2nnc(C(=O)N3CCCCC3)o2)cc1. The third-order valence-corrected chi connectivity index (χ3v) is 3.55. The van der Waals surface area contributed by atoms with Gasteiger partial charge in [0.25, 0.3) is 0 Å². The normalized spacial score (nSPS) is 15.3. The topological polar surface area (TPSA) is 59.2 Å². The molecule has 1 saturated heterocycles. The minimum atomic E-state index is -0.157. The maximum absolute atomic E-state index is 12.2. The van der Waals surface area contributed by atoms with Crippen LogP contribution < -0.4 is 0 Å². The van der Waals surface area contributed by atoms with Gasteiger partial charge in [-0.1, -0.05) is 17.7 Å². The van der Waals surface area contributed by atoms with Gasteiger partial charge >= 0.3 is 11.8 Å². The van der Waals surface area contributed by atoms with Gasteiger partial charge in [-0.25, -0.2) is 0 Å². The van der Waals surface area contributed by atoms with E-state index >= 15 is 0 Å². The third-order valence-electron chi connectivity index (χ3n) is 3.55. The van der Waals surface area contributed by atoms with Crippen molar-refractivity contribution in [1.29, 1.82) is 0 Å². The maximum atomic E-state index is 12.2. The van der Waals surface area contributed by atoms with Gasteiger partial charge in [-0.2, -0.15) is 0 Å². The molecule has 0 atom stereocenters. The van der Waals surface area contributed by atoms with Crippen LogP contribution in [0.5, 0.6) is 0 Å². The Labute approximate surface area is 117 Å². The van der Waals surface area contributed by atoms with Gasteiger partial charge in [0.1, 0.15) is 0 Å². The van der Waals surface area contributed by atoms with Crippen LogP contribution in [0.4, 0.5) is 0 Å². The highest BCUT2D eigenvalue weighted by atomic mass is 16.4. The minimum Gasteiger partial charge on any atom is -0.412 e. The second-order valence-corrected chi connectivity index (χ2v) is 5.13. The number of nitrogens with zero attached hydrogens (tertiary/aromatic N) is 3. The van der Waals surface area contributed by atoms with Crippen LogP contribution in [0.15, 0.2) is 28.7 Å². The molecule has 1 amide bonds. The van der Waals surface area contributed by atoms with Crippen molar-refractivity contribution in [3.05, 3.63) is 35.7 Å². The second-order valence-electron chi connectivity index (χ2n) is 5.13. The molecule has 1 aliphatic rings. The highest BCUT2D eigenvalue weighted by Gasteiger charge is 2.23. The number of benzene rings is 1. The number of hydrogen-bond acceptors (Lipinski definition) is 4. The second kappa shape index (κ2) is 5.45. The highest BCUT2D eigenvalue weighted by Crippen LogP contribution is 2.19. The monoisotopic (exact) mass is 271 g/mol. The molecule has 2 heterocycles. The molecular weight excluding hydrogens is 254 g/mol. The zero-order valence-corrected chi connectivity index (χ0v) is 11.5. The molecule has 1 aromatic heterocycles. The van der Waals surface area contributed by atoms with E-state index < -0.39 is 0 Å². The van der Waals surface area contributed by atoms with Crippen LogP contribution in [-0.4, -0.2) is 34.1 Å². The number of carbonyl (C=O) groups is 1. The molecule has 3 rings (SSSR count). The standard InChI is InChI=1S/C15H17N3O2/c1-11-5-7-12(8-6-11)13-16-17-14(20-13)15(19)18-9-3-2-4-10-18/h5-8H,2-4,9-10H2,1H3. The summed E-state index contributed by atoms with van der Waals surface area (Å²) in [7, 11) is 0. The van der Waals surface area contributed by atoms with Crippen LogP contribution in [0, 0.1) is 6.92 Å². The number of amides is 1. The van der Waals surface area contributed by atoms with Gasteiger partial charge in [0, 0.05) is 18.7 Å². The number of carbonyl (C=O) groups excluding carboxylic acids is 1. The molecule has 0 N–H and O–H groups in total. The number of likely N-dealkylation sites (tertiary alicyclic amines) is 1. The van der Waals surface area contributed by atoms with Crippen molar-refractivity contribution in [2.45, 2.75) is 26.2 Å². The molecule has 0 saturated carbocycles. The van der Waals surface area contributed by atoms with Crippen LogP contribution in [0.1, 0.15) is 35.5 Å². The number of aryl methyl sites for hydroxylation is 1. The smallest absolute Gasteiger partial charge is 0.311 e. The molecule has 5 heteroatoms. The van der Waals surface area contributed by atoms with Gasteiger partial charge in [0.2, 0.25) is 5.89 Å². The molecule has 20 heavy (non-hydrogen) atoms. The molecule has 0 bridgehead atoms. The van der Waals surface area contributed by atoms with Crippen molar-refractivity contribution in [2.75, 3.05) is 13.1 Å². The average Bonchev–Trinajstić information content (AvgIpc) is 2.98. The van der Waals surface area contributed by atoms with E-state index in [1.807, 2.05) is 31.2 Å². The molecule has 0 spiro atoms. The van der Waals surface area contributed by atoms with Crippen molar-refractivity contribution < 1.29 is 9.21 Å². The van der Waals surface area contributed by atoms with Gasteiger partial charge in [0.05, 0.1) is 0 Å². The quantitative estimate of drug-likeness (QED) is 0.842. The fourth-order valence-corrected chi connectivity index (χ4v) is 2.35. The lowest BCUT2D eigenvalue weighted by atomic mass is 10.1. The summed E-state index contributed by atoms with van der Waals surface area (Å²) in [5.41, 5.74) is 2.00. The van der Waals surface area contributed by atoms with Crippen molar-refractivity contribution >= 4 is 5.91 Å². The van der Waals surface area contributed by atoms with Crippen LogP contribution in [0.2, 0.25) is 0 Å². The summed E-state index contributed by atoms with van der Waals surface area (Å²) in [5, 5.41) is 7.85. The van der Waals surface area contributed by atoms with Crippen LogP contribution in [0.3, 0.4) is 0 Å². The molecule has 0 radical (unpaired) electrons. The van der Waals surface area contributed by atoms with Crippen molar-refractivity contribution in [2.24, 2.45) is 0 Å². The lowest BCUT2D eigenvalue weighted by Gasteiger charge is -2.24. The van der Waals surface area contributed by atoms with E-state index in [4.69, 9.17) is 4.42 Å². The Bertz CT molecular complexity index is 598. The molecule has 5 nitrogen and oxygen atoms in total. The van der Waals surface area contributed by atoms with Gasteiger partial charge in [-0.15, -0.1) is 10.2 Å². The van der Waals surface area contributed by atoms with Crippen molar-refractivity contribution in [3.63, 3.8) is 0 Å². The number of aromatic nitrogens is 2. The lowest BCUT2D eigenvalue weighted by Crippen LogP contribution is -2.35. The number of hydrogen-bond donors (Lipinski definition) is 0. The Morgan fingerprint density at radius 2 is 1.80 bits per heavy atom. The fraction of sp³-hybridized carbons (Fsp3) is 0.400.